The summed E-state index contributed by atoms with van der Waals surface area (Å²) in [6.45, 7) is 0.642. The number of hydrogen-bond donors (Lipinski definition) is 3. The fraction of sp³-hybridized carbons (Fsp3) is 0.375. The van der Waals surface area contributed by atoms with E-state index in [4.69, 9.17) is 16.3 Å². The Balaban J connectivity index is 2.62. The number of rotatable bonds is 8. The Morgan fingerprint density at radius 1 is 1.15 bits per heavy atom. The standard InChI is InChI=1S/C16H20ClN3O5S/c1-10(21)19-20-14(22)9-25-16(24)13(7-8-26-2)18-15(23)11-3-5-12(17)6-4-11/h3-6,13H,7-9H2,1-2H3,(H,18,23)(H,19,21)(H,20,22)/t13-/m1/s1. The summed E-state index contributed by atoms with van der Waals surface area (Å²) in [5, 5.41) is 3.08. The third-order valence-electron chi connectivity index (χ3n) is 3.03. The predicted octanol–water partition coefficient (Wildman–Crippen LogP) is 0.902. The minimum Gasteiger partial charge on any atom is -0.454 e. The monoisotopic (exact) mass is 401 g/mol. The van der Waals surface area contributed by atoms with Crippen molar-refractivity contribution in [3.05, 3.63) is 34.9 Å². The van der Waals surface area contributed by atoms with Crippen molar-refractivity contribution in [1.29, 1.82) is 0 Å². The molecule has 3 amide bonds. The number of hydrazine groups is 1. The van der Waals surface area contributed by atoms with E-state index in [1.54, 1.807) is 12.1 Å². The molecule has 1 rings (SSSR count). The largest absolute Gasteiger partial charge is 0.454 e. The normalized spacial score (nSPS) is 11.2. The maximum absolute atomic E-state index is 12.3. The van der Waals surface area contributed by atoms with Crippen LogP contribution in [0.4, 0.5) is 0 Å². The van der Waals surface area contributed by atoms with Crippen LogP contribution in [0.3, 0.4) is 0 Å². The fourth-order valence-corrected chi connectivity index (χ4v) is 2.36. The van der Waals surface area contributed by atoms with Gasteiger partial charge in [0, 0.05) is 17.5 Å². The predicted molar refractivity (Wildman–Crippen MR) is 98.6 cm³/mol. The Kier molecular flexibility index (Phi) is 9.53. The van der Waals surface area contributed by atoms with Crippen molar-refractivity contribution >= 4 is 47.1 Å². The Morgan fingerprint density at radius 2 is 1.81 bits per heavy atom. The average molecular weight is 402 g/mol. The van der Waals surface area contributed by atoms with E-state index in [-0.39, 0.29) is 0 Å². The van der Waals surface area contributed by atoms with Crippen molar-refractivity contribution in [2.75, 3.05) is 18.6 Å². The summed E-state index contributed by atoms with van der Waals surface area (Å²) in [6, 6.07) is 5.31. The molecule has 8 nitrogen and oxygen atoms in total. The van der Waals surface area contributed by atoms with Crippen molar-refractivity contribution in [3.63, 3.8) is 0 Å². The lowest BCUT2D eigenvalue weighted by atomic mass is 10.1. The highest BCUT2D eigenvalue weighted by molar-refractivity contribution is 7.98. The maximum Gasteiger partial charge on any atom is 0.329 e. The molecule has 1 aromatic carbocycles. The van der Waals surface area contributed by atoms with E-state index < -0.39 is 36.3 Å². The molecule has 1 atom stereocenters. The van der Waals surface area contributed by atoms with Crippen molar-refractivity contribution in [3.8, 4) is 0 Å². The number of benzene rings is 1. The smallest absolute Gasteiger partial charge is 0.329 e. The van der Waals surface area contributed by atoms with Crippen LogP contribution < -0.4 is 16.2 Å². The number of ether oxygens (including phenoxy) is 1. The summed E-state index contributed by atoms with van der Waals surface area (Å²) in [5.41, 5.74) is 4.50. The second kappa shape index (κ2) is 11.4. The summed E-state index contributed by atoms with van der Waals surface area (Å²) in [4.78, 5) is 46.6. The van der Waals surface area contributed by atoms with Crippen LogP contribution in [0, 0.1) is 0 Å². The Bertz CT molecular complexity index is 654. The molecule has 0 aliphatic carbocycles. The number of halogens is 1. The first-order chi connectivity index (χ1) is 12.3. The average Bonchev–Trinajstić information content (AvgIpc) is 2.61. The Hall–Kier alpha value is -2.26. The van der Waals surface area contributed by atoms with Crippen molar-refractivity contribution in [2.24, 2.45) is 0 Å². The lowest BCUT2D eigenvalue weighted by molar-refractivity contribution is -0.150. The number of hydrogen-bond acceptors (Lipinski definition) is 6. The van der Waals surface area contributed by atoms with E-state index in [1.807, 2.05) is 6.26 Å². The van der Waals surface area contributed by atoms with Crippen LogP contribution in [-0.4, -0.2) is 48.3 Å². The molecule has 0 bridgehead atoms. The molecule has 142 valence electrons. The Labute approximate surface area is 160 Å². The summed E-state index contributed by atoms with van der Waals surface area (Å²) in [7, 11) is 0. The molecule has 0 heterocycles. The molecule has 0 radical (unpaired) electrons. The highest BCUT2D eigenvalue weighted by atomic mass is 35.5. The molecule has 0 saturated carbocycles. The van der Waals surface area contributed by atoms with Crippen molar-refractivity contribution in [1.82, 2.24) is 16.2 Å². The van der Waals surface area contributed by atoms with Gasteiger partial charge in [-0.05, 0) is 42.7 Å². The van der Waals surface area contributed by atoms with Gasteiger partial charge < -0.3 is 10.1 Å². The van der Waals surface area contributed by atoms with E-state index >= 15 is 0 Å². The van der Waals surface area contributed by atoms with Gasteiger partial charge in [0.15, 0.2) is 6.61 Å². The molecular formula is C16H20ClN3O5S. The molecule has 3 N–H and O–H groups in total. The topological polar surface area (TPSA) is 114 Å². The quantitative estimate of drug-likeness (QED) is 0.440. The highest BCUT2D eigenvalue weighted by Gasteiger charge is 2.23. The molecule has 0 saturated heterocycles. The van der Waals surface area contributed by atoms with Gasteiger partial charge in [0.2, 0.25) is 5.91 Å². The number of nitrogens with one attached hydrogen (secondary N) is 3. The first-order valence-corrected chi connectivity index (χ1v) is 9.38. The summed E-state index contributed by atoms with van der Waals surface area (Å²) in [5.74, 6) is -1.73. The van der Waals surface area contributed by atoms with Gasteiger partial charge in [0.05, 0.1) is 0 Å². The number of amides is 3. The van der Waals surface area contributed by atoms with Gasteiger partial charge in [-0.25, -0.2) is 4.79 Å². The van der Waals surface area contributed by atoms with E-state index in [0.717, 1.165) is 0 Å². The fourth-order valence-electron chi connectivity index (χ4n) is 1.76. The van der Waals surface area contributed by atoms with E-state index in [2.05, 4.69) is 16.2 Å². The van der Waals surface area contributed by atoms with Crippen LogP contribution in [0.25, 0.3) is 0 Å². The first kappa shape index (κ1) is 21.8. The van der Waals surface area contributed by atoms with Crippen LogP contribution in [0.15, 0.2) is 24.3 Å². The highest BCUT2D eigenvalue weighted by Crippen LogP contribution is 2.10. The zero-order valence-corrected chi connectivity index (χ0v) is 15.9. The van der Waals surface area contributed by atoms with Crippen LogP contribution in [-0.2, 0) is 19.1 Å². The molecule has 0 aliphatic heterocycles. The van der Waals surface area contributed by atoms with E-state index in [9.17, 15) is 19.2 Å². The first-order valence-electron chi connectivity index (χ1n) is 7.61. The second-order valence-electron chi connectivity index (χ2n) is 5.15. The molecule has 1 aromatic rings. The van der Waals surface area contributed by atoms with Gasteiger partial charge in [-0.3, -0.25) is 25.2 Å². The molecule has 0 spiro atoms. The van der Waals surface area contributed by atoms with Crippen LogP contribution in [0.1, 0.15) is 23.7 Å². The third kappa shape index (κ3) is 8.21. The maximum atomic E-state index is 12.3. The summed E-state index contributed by atoms with van der Waals surface area (Å²) < 4.78 is 4.90. The van der Waals surface area contributed by atoms with Gasteiger partial charge in [-0.2, -0.15) is 11.8 Å². The van der Waals surface area contributed by atoms with Gasteiger partial charge in [0.25, 0.3) is 11.8 Å². The van der Waals surface area contributed by atoms with E-state index in [1.165, 1.54) is 30.8 Å². The molecule has 0 fully saturated rings. The number of esters is 1. The summed E-state index contributed by atoms with van der Waals surface area (Å²) in [6.07, 6.45) is 2.21. The zero-order chi connectivity index (χ0) is 19.5. The van der Waals surface area contributed by atoms with Gasteiger partial charge in [-0.1, -0.05) is 11.6 Å². The molecular weight excluding hydrogens is 382 g/mol. The molecule has 10 heteroatoms. The van der Waals surface area contributed by atoms with E-state index in [0.29, 0.717) is 22.8 Å². The number of thioether (sulfide) groups is 1. The lowest BCUT2D eigenvalue weighted by Crippen LogP contribution is -2.45. The second-order valence-corrected chi connectivity index (χ2v) is 6.57. The Morgan fingerprint density at radius 3 is 2.38 bits per heavy atom. The van der Waals surface area contributed by atoms with Gasteiger partial charge in [0.1, 0.15) is 6.04 Å². The van der Waals surface area contributed by atoms with Crippen molar-refractivity contribution in [2.45, 2.75) is 19.4 Å². The minimum atomic E-state index is -0.904. The lowest BCUT2D eigenvalue weighted by Gasteiger charge is -2.17. The molecule has 0 unspecified atom stereocenters. The molecule has 26 heavy (non-hydrogen) atoms. The zero-order valence-electron chi connectivity index (χ0n) is 14.3. The molecule has 0 aliphatic rings. The van der Waals surface area contributed by atoms with Crippen molar-refractivity contribution < 1.29 is 23.9 Å². The number of carbonyl (C=O) groups is 4. The van der Waals surface area contributed by atoms with Gasteiger partial charge in [-0.15, -0.1) is 0 Å². The SMILES string of the molecule is CSCC[C@@H](NC(=O)c1ccc(Cl)cc1)C(=O)OCC(=O)NNC(C)=O. The summed E-state index contributed by atoms with van der Waals surface area (Å²) >= 11 is 7.29. The molecule has 0 aromatic heterocycles. The minimum absolute atomic E-state index is 0.340. The van der Waals surface area contributed by atoms with Gasteiger partial charge >= 0.3 is 5.97 Å². The third-order valence-corrected chi connectivity index (χ3v) is 3.93. The van der Waals surface area contributed by atoms with Crippen LogP contribution in [0.2, 0.25) is 5.02 Å². The van der Waals surface area contributed by atoms with Crippen LogP contribution in [0.5, 0.6) is 0 Å². The van der Waals surface area contributed by atoms with Crippen LogP contribution >= 0.6 is 23.4 Å². The number of carbonyl (C=O) groups excluding carboxylic acids is 4.